The normalized spacial score (nSPS) is 17.1. The zero-order chi connectivity index (χ0) is 18.8. The lowest BCUT2D eigenvalue weighted by atomic mass is 9.98. The Hall–Kier alpha value is -3.29. The van der Waals surface area contributed by atoms with Gasteiger partial charge in [0.2, 0.25) is 5.89 Å². The van der Waals surface area contributed by atoms with Crippen molar-refractivity contribution < 1.29 is 14.1 Å². The van der Waals surface area contributed by atoms with Gasteiger partial charge in [-0.2, -0.15) is 4.98 Å². The fourth-order valence-corrected chi connectivity index (χ4v) is 3.37. The maximum atomic E-state index is 12.6. The van der Waals surface area contributed by atoms with E-state index in [2.05, 4.69) is 20.4 Å². The molecule has 2 amide bonds. The van der Waals surface area contributed by atoms with E-state index in [1.165, 1.54) is 0 Å². The van der Waals surface area contributed by atoms with Crippen LogP contribution in [0, 0.1) is 6.92 Å². The average Bonchev–Trinajstić information content (AvgIpc) is 3.14. The van der Waals surface area contributed by atoms with Gasteiger partial charge in [0.1, 0.15) is 0 Å². The minimum Gasteiger partial charge on any atom is -0.339 e. The smallest absolute Gasteiger partial charge is 0.313 e. The first-order chi connectivity index (χ1) is 13.1. The molecule has 1 saturated heterocycles. The van der Waals surface area contributed by atoms with Gasteiger partial charge >= 0.3 is 11.8 Å². The van der Waals surface area contributed by atoms with Gasteiger partial charge in [-0.1, -0.05) is 23.4 Å². The number of anilines is 1. The molecule has 8 heteroatoms. The molecule has 2 aromatic heterocycles. The molecule has 1 N–H and O–H groups in total. The van der Waals surface area contributed by atoms with E-state index in [1.54, 1.807) is 24.1 Å². The lowest BCUT2D eigenvalue weighted by molar-refractivity contribution is -0.144. The first-order valence-corrected chi connectivity index (χ1v) is 8.86. The number of rotatable bonds is 2. The maximum absolute atomic E-state index is 12.6. The molecule has 138 valence electrons. The molecule has 1 fully saturated rings. The average molecular weight is 365 g/mol. The molecule has 8 nitrogen and oxygen atoms in total. The number of piperidine rings is 1. The standard InChI is InChI=1S/C19H19N5O3/c1-12-21-18(27-23-12)14-7-4-10-24(11-14)19(26)17(25)22-15-8-2-5-13-6-3-9-20-16(13)15/h2-3,5-6,8-9,14H,4,7,10-11H2,1H3,(H,22,25). The highest BCUT2D eigenvalue weighted by Gasteiger charge is 2.31. The molecule has 0 radical (unpaired) electrons. The first kappa shape index (κ1) is 17.1. The van der Waals surface area contributed by atoms with Crippen LogP contribution in [0.1, 0.15) is 30.5 Å². The zero-order valence-electron chi connectivity index (χ0n) is 14.9. The van der Waals surface area contributed by atoms with Crippen LogP contribution < -0.4 is 5.32 Å². The van der Waals surface area contributed by atoms with Gasteiger partial charge in [-0.25, -0.2) is 0 Å². The number of nitrogens with one attached hydrogen (secondary N) is 1. The SMILES string of the molecule is Cc1noc(C2CCCN(C(=O)C(=O)Nc3cccc4cccnc34)C2)n1. The van der Waals surface area contributed by atoms with E-state index in [0.717, 1.165) is 18.2 Å². The fourth-order valence-electron chi connectivity index (χ4n) is 3.37. The second-order valence-corrected chi connectivity index (χ2v) is 6.60. The third-order valence-electron chi connectivity index (χ3n) is 4.68. The van der Waals surface area contributed by atoms with Crippen molar-refractivity contribution in [2.75, 3.05) is 18.4 Å². The highest BCUT2D eigenvalue weighted by Crippen LogP contribution is 2.26. The van der Waals surface area contributed by atoms with Gasteiger partial charge in [0.15, 0.2) is 5.82 Å². The van der Waals surface area contributed by atoms with Gasteiger partial charge in [-0.05, 0) is 31.9 Å². The van der Waals surface area contributed by atoms with Crippen LogP contribution in [0.15, 0.2) is 41.1 Å². The van der Waals surface area contributed by atoms with Gasteiger partial charge in [-0.15, -0.1) is 0 Å². The third-order valence-corrected chi connectivity index (χ3v) is 4.68. The molecule has 4 rings (SSSR count). The van der Waals surface area contributed by atoms with Gasteiger partial charge in [0.05, 0.1) is 17.1 Å². The number of hydrogen-bond acceptors (Lipinski definition) is 6. The summed E-state index contributed by atoms with van der Waals surface area (Å²) in [6, 6.07) is 9.19. The summed E-state index contributed by atoms with van der Waals surface area (Å²) >= 11 is 0. The molecule has 1 atom stereocenters. The van der Waals surface area contributed by atoms with Crippen LogP contribution in [0.2, 0.25) is 0 Å². The number of carbonyl (C=O) groups is 2. The molecule has 1 aliphatic rings. The number of nitrogens with zero attached hydrogens (tertiary/aromatic N) is 4. The molecular weight excluding hydrogens is 346 g/mol. The second kappa shape index (κ2) is 7.14. The number of benzene rings is 1. The lowest BCUT2D eigenvalue weighted by Gasteiger charge is -2.30. The number of carbonyl (C=O) groups excluding carboxylic acids is 2. The van der Waals surface area contributed by atoms with Gasteiger partial charge < -0.3 is 14.7 Å². The number of para-hydroxylation sites is 1. The van der Waals surface area contributed by atoms with Gasteiger partial charge in [0.25, 0.3) is 0 Å². The van der Waals surface area contributed by atoms with Crippen LogP contribution in [0.4, 0.5) is 5.69 Å². The summed E-state index contributed by atoms with van der Waals surface area (Å²) in [5.74, 6) is -0.200. The van der Waals surface area contributed by atoms with Crippen LogP contribution in [-0.4, -0.2) is 44.9 Å². The van der Waals surface area contributed by atoms with E-state index in [4.69, 9.17) is 4.52 Å². The molecule has 1 unspecified atom stereocenters. The first-order valence-electron chi connectivity index (χ1n) is 8.86. The molecule has 3 aromatic rings. The predicted molar refractivity (Wildman–Crippen MR) is 98.0 cm³/mol. The highest BCUT2D eigenvalue weighted by molar-refractivity contribution is 6.40. The summed E-state index contributed by atoms with van der Waals surface area (Å²) in [4.78, 5) is 35.3. The number of fused-ring (bicyclic) bond motifs is 1. The van der Waals surface area contributed by atoms with E-state index in [1.807, 2.05) is 24.3 Å². The number of pyridine rings is 1. The summed E-state index contributed by atoms with van der Waals surface area (Å²) < 4.78 is 5.23. The Morgan fingerprint density at radius 1 is 1.26 bits per heavy atom. The Morgan fingerprint density at radius 2 is 2.11 bits per heavy atom. The van der Waals surface area contributed by atoms with Crippen LogP contribution in [0.5, 0.6) is 0 Å². The molecule has 0 aliphatic carbocycles. The molecule has 0 bridgehead atoms. The van der Waals surface area contributed by atoms with E-state index in [-0.39, 0.29) is 5.92 Å². The molecule has 0 saturated carbocycles. The lowest BCUT2D eigenvalue weighted by Crippen LogP contribution is -2.44. The van der Waals surface area contributed by atoms with E-state index < -0.39 is 11.8 Å². The van der Waals surface area contributed by atoms with Crippen molar-refractivity contribution in [3.63, 3.8) is 0 Å². The Labute approximate surface area is 155 Å². The monoisotopic (exact) mass is 365 g/mol. The van der Waals surface area contributed by atoms with Crippen LogP contribution in [0.3, 0.4) is 0 Å². The minimum atomic E-state index is -0.671. The zero-order valence-corrected chi connectivity index (χ0v) is 14.9. The van der Waals surface area contributed by atoms with Crippen molar-refractivity contribution in [2.24, 2.45) is 0 Å². The Kier molecular flexibility index (Phi) is 4.53. The predicted octanol–water partition coefficient (Wildman–Crippen LogP) is 2.27. The van der Waals surface area contributed by atoms with Crippen molar-refractivity contribution in [1.82, 2.24) is 20.0 Å². The summed E-state index contributed by atoms with van der Waals surface area (Å²) in [7, 11) is 0. The number of aromatic nitrogens is 3. The molecular formula is C19H19N5O3. The maximum Gasteiger partial charge on any atom is 0.313 e. The number of aryl methyl sites for hydroxylation is 1. The molecule has 0 spiro atoms. The second-order valence-electron chi connectivity index (χ2n) is 6.60. The minimum absolute atomic E-state index is 0.0454. The molecule has 27 heavy (non-hydrogen) atoms. The van der Waals surface area contributed by atoms with Crippen LogP contribution in [-0.2, 0) is 9.59 Å². The van der Waals surface area contributed by atoms with Gasteiger partial charge in [0, 0.05) is 24.7 Å². The summed E-state index contributed by atoms with van der Waals surface area (Å²) in [5.41, 5.74) is 1.17. The number of likely N-dealkylation sites (tertiary alicyclic amines) is 1. The Balaban J connectivity index is 1.47. The van der Waals surface area contributed by atoms with Crippen molar-refractivity contribution in [3.05, 3.63) is 48.2 Å². The van der Waals surface area contributed by atoms with E-state index in [9.17, 15) is 9.59 Å². The van der Waals surface area contributed by atoms with E-state index >= 15 is 0 Å². The number of hydrogen-bond donors (Lipinski definition) is 1. The van der Waals surface area contributed by atoms with Crippen molar-refractivity contribution in [3.8, 4) is 0 Å². The number of amides is 2. The van der Waals surface area contributed by atoms with Crippen molar-refractivity contribution >= 4 is 28.4 Å². The summed E-state index contributed by atoms with van der Waals surface area (Å²) in [6.45, 7) is 2.68. The van der Waals surface area contributed by atoms with Crippen LogP contribution in [0.25, 0.3) is 10.9 Å². The van der Waals surface area contributed by atoms with Gasteiger partial charge in [-0.3, -0.25) is 14.6 Å². The highest BCUT2D eigenvalue weighted by atomic mass is 16.5. The quantitative estimate of drug-likeness (QED) is 0.699. The fraction of sp³-hybridized carbons (Fsp3) is 0.316. The molecule has 1 aliphatic heterocycles. The van der Waals surface area contributed by atoms with Crippen LogP contribution >= 0.6 is 0 Å². The topological polar surface area (TPSA) is 101 Å². The molecule has 3 heterocycles. The van der Waals surface area contributed by atoms with Crippen molar-refractivity contribution in [1.29, 1.82) is 0 Å². The largest absolute Gasteiger partial charge is 0.339 e. The Morgan fingerprint density at radius 3 is 2.93 bits per heavy atom. The summed E-state index contributed by atoms with van der Waals surface area (Å²) in [6.07, 6.45) is 3.28. The third kappa shape index (κ3) is 3.51. The molecule has 1 aromatic carbocycles. The Bertz CT molecular complexity index is 994. The van der Waals surface area contributed by atoms with E-state index in [0.29, 0.717) is 36.0 Å². The van der Waals surface area contributed by atoms with Crippen molar-refractivity contribution in [2.45, 2.75) is 25.7 Å². The summed E-state index contributed by atoms with van der Waals surface area (Å²) in [5, 5.41) is 7.40.